The molecule has 1 aromatic heterocycles. The van der Waals surface area contributed by atoms with Crippen LogP contribution in [0.15, 0.2) is 12.3 Å². The molecule has 2 fully saturated rings. The molecule has 1 atom stereocenters. The monoisotopic (exact) mass is 221 g/mol. The predicted octanol–water partition coefficient (Wildman–Crippen LogP) is 1.27. The first kappa shape index (κ1) is 10.3. The number of hydrogen-bond acceptors (Lipinski definition) is 3. The van der Waals surface area contributed by atoms with Crippen LogP contribution in [0, 0.1) is 0 Å². The van der Waals surface area contributed by atoms with Crippen LogP contribution >= 0.6 is 0 Å². The molecule has 1 aliphatic carbocycles. The van der Waals surface area contributed by atoms with Crippen LogP contribution in [0.25, 0.3) is 0 Å². The van der Waals surface area contributed by atoms with Gasteiger partial charge in [-0.05, 0) is 31.7 Å². The number of aromatic nitrogens is 2. The van der Waals surface area contributed by atoms with E-state index in [0.717, 1.165) is 38.9 Å². The van der Waals surface area contributed by atoms with Crippen LogP contribution in [0.3, 0.4) is 0 Å². The Labute approximate surface area is 95.8 Å². The van der Waals surface area contributed by atoms with Gasteiger partial charge in [0.2, 0.25) is 0 Å². The molecule has 88 valence electrons. The molecule has 0 aromatic carbocycles. The molecule has 1 saturated carbocycles. The molecule has 0 spiro atoms. The maximum Gasteiger partial charge on any atom is 0.0756 e. The van der Waals surface area contributed by atoms with Gasteiger partial charge in [0.1, 0.15) is 0 Å². The lowest BCUT2D eigenvalue weighted by molar-refractivity contribution is 0.0537. The van der Waals surface area contributed by atoms with Crippen molar-refractivity contribution in [1.29, 1.82) is 0 Å². The second kappa shape index (κ2) is 3.86. The van der Waals surface area contributed by atoms with Crippen LogP contribution in [-0.2, 0) is 11.2 Å². The highest BCUT2D eigenvalue weighted by atomic mass is 16.5. The Morgan fingerprint density at radius 3 is 3.12 bits per heavy atom. The largest absolute Gasteiger partial charge is 0.379 e. The van der Waals surface area contributed by atoms with Crippen LogP contribution < -0.4 is 5.73 Å². The van der Waals surface area contributed by atoms with Crippen molar-refractivity contribution in [1.82, 2.24) is 9.78 Å². The third-order valence-electron chi connectivity index (χ3n) is 3.66. The minimum absolute atomic E-state index is 0.0628. The zero-order chi connectivity index (χ0) is 11.0. The molecular formula is C12H19N3O. The summed E-state index contributed by atoms with van der Waals surface area (Å²) in [4.78, 5) is 0. The van der Waals surface area contributed by atoms with Crippen molar-refractivity contribution in [2.45, 2.75) is 43.7 Å². The Morgan fingerprint density at radius 2 is 2.44 bits per heavy atom. The number of hydrogen-bond donors (Lipinski definition) is 1. The Morgan fingerprint density at radius 1 is 1.56 bits per heavy atom. The lowest BCUT2D eigenvalue weighted by Gasteiger charge is -2.24. The molecule has 4 nitrogen and oxygen atoms in total. The fourth-order valence-electron chi connectivity index (χ4n) is 2.43. The molecule has 0 radical (unpaired) electrons. The van der Waals surface area contributed by atoms with Gasteiger partial charge in [0.25, 0.3) is 0 Å². The Hall–Kier alpha value is -0.870. The SMILES string of the molecule is NC1(Cc2ccnn2C2CCCOC2)CC1. The molecule has 2 aliphatic rings. The summed E-state index contributed by atoms with van der Waals surface area (Å²) in [6.07, 6.45) is 7.46. The first-order valence-electron chi connectivity index (χ1n) is 6.16. The maximum atomic E-state index is 6.16. The van der Waals surface area contributed by atoms with Crippen molar-refractivity contribution in [2.24, 2.45) is 5.73 Å². The molecule has 0 bridgehead atoms. The topological polar surface area (TPSA) is 53.1 Å². The molecule has 1 aliphatic heterocycles. The highest BCUT2D eigenvalue weighted by molar-refractivity contribution is 5.13. The van der Waals surface area contributed by atoms with E-state index in [1.54, 1.807) is 0 Å². The molecule has 16 heavy (non-hydrogen) atoms. The van der Waals surface area contributed by atoms with Crippen LogP contribution in [0.4, 0.5) is 0 Å². The third-order valence-corrected chi connectivity index (χ3v) is 3.66. The quantitative estimate of drug-likeness (QED) is 0.836. The molecule has 1 unspecified atom stereocenters. The van der Waals surface area contributed by atoms with Gasteiger partial charge in [0.15, 0.2) is 0 Å². The van der Waals surface area contributed by atoms with E-state index in [1.165, 1.54) is 12.1 Å². The summed E-state index contributed by atoms with van der Waals surface area (Å²) in [5.74, 6) is 0. The zero-order valence-corrected chi connectivity index (χ0v) is 9.56. The number of rotatable bonds is 3. The average molecular weight is 221 g/mol. The minimum atomic E-state index is 0.0628. The van der Waals surface area contributed by atoms with E-state index in [4.69, 9.17) is 10.5 Å². The highest BCUT2D eigenvalue weighted by Crippen LogP contribution is 2.36. The number of ether oxygens (including phenoxy) is 1. The van der Waals surface area contributed by atoms with Gasteiger partial charge in [0, 0.05) is 30.5 Å². The summed E-state index contributed by atoms with van der Waals surface area (Å²) in [6, 6.07) is 2.52. The van der Waals surface area contributed by atoms with Crippen molar-refractivity contribution in [2.75, 3.05) is 13.2 Å². The van der Waals surface area contributed by atoms with E-state index >= 15 is 0 Å². The molecular weight excluding hydrogens is 202 g/mol. The van der Waals surface area contributed by atoms with E-state index in [9.17, 15) is 0 Å². The first-order valence-corrected chi connectivity index (χ1v) is 6.16. The summed E-state index contributed by atoms with van der Waals surface area (Å²) in [5, 5.41) is 4.43. The van der Waals surface area contributed by atoms with E-state index in [1.807, 2.05) is 6.20 Å². The first-order chi connectivity index (χ1) is 7.77. The van der Waals surface area contributed by atoms with Gasteiger partial charge in [-0.2, -0.15) is 5.10 Å². The molecule has 1 aromatic rings. The van der Waals surface area contributed by atoms with Gasteiger partial charge in [-0.15, -0.1) is 0 Å². The van der Waals surface area contributed by atoms with Gasteiger partial charge < -0.3 is 10.5 Å². The molecule has 2 heterocycles. The minimum Gasteiger partial charge on any atom is -0.379 e. The maximum absolute atomic E-state index is 6.16. The number of nitrogens with zero attached hydrogens (tertiary/aromatic N) is 2. The fourth-order valence-corrected chi connectivity index (χ4v) is 2.43. The normalized spacial score (nSPS) is 27.9. The third kappa shape index (κ3) is 1.99. The summed E-state index contributed by atoms with van der Waals surface area (Å²) in [6.45, 7) is 1.69. The smallest absolute Gasteiger partial charge is 0.0756 e. The van der Waals surface area contributed by atoms with Crippen LogP contribution in [-0.4, -0.2) is 28.5 Å². The Kier molecular flexibility index (Phi) is 2.48. The summed E-state index contributed by atoms with van der Waals surface area (Å²) in [7, 11) is 0. The lowest BCUT2D eigenvalue weighted by atomic mass is 10.1. The standard InChI is InChI=1S/C12H19N3O/c13-12(4-5-12)8-10-3-6-14-15(10)11-2-1-7-16-9-11/h3,6,11H,1-2,4-5,7-9,13H2. The second-order valence-corrected chi connectivity index (χ2v) is 5.18. The zero-order valence-electron chi connectivity index (χ0n) is 9.56. The predicted molar refractivity (Wildman–Crippen MR) is 61.2 cm³/mol. The molecule has 1 saturated heterocycles. The molecule has 3 rings (SSSR count). The average Bonchev–Trinajstić information content (AvgIpc) is 2.86. The Balaban J connectivity index is 1.75. The van der Waals surface area contributed by atoms with Crippen molar-refractivity contribution in [3.05, 3.63) is 18.0 Å². The van der Waals surface area contributed by atoms with Gasteiger partial charge >= 0.3 is 0 Å². The Bertz CT molecular complexity index is 364. The van der Waals surface area contributed by atoms with Crippen molar-refractivity contribution in [3.8, 4) is 0 Å². The van der Waals surface area contributed by atoms with E-state index in [2.05, 4.69) is 15.8 Å². The van der Waals surface area contributed by atoms with Crippen LogP contribution in [0.2, 0.25) is 0 Å². The van der Waals surface area contributed by atoms with E-state index in [-0.39, 0.29) is 5.54 Å². The van der Waals surface area contributed by atoms with Gasteiger partial charge in [0.05, 0.1) is 12.6 Å². The van der Waals surface area contributed by atoms with Crippen molar-refractivity contribution >= 4 is 0 Å². The van der Waals surface area contributed by atoms with Crippen LogP contribution in [0.1, 0.15) is 37.4 Å². The van der Waals surface area contributed by atoms with Gasteiger partial charge in [-0.1, -0.05) is 0 Å². The second-order valence-electron chi connectivity index (χ2n) is 5.18. The van der Waals surface area contributed by atoms with Gasteiger partial charge in [-0.3, -0.25) is 4.68 Å². The van der Waals surface area contributed by atoms with Crippen molar-refractivity contribution < 1.29 is 4.74 Å². The number of nitrogens with two attached hydrogens (primary N) is 1. The van der Waals surface area contributed by atoms with E-state index in [0.29, 0.717) is 6.04 Å². The summed E-state index contributed by atoms with van der Waals surface area (Å²) >= 11 is 0. The van der Waals surface area contributed by atoms with Gasteiger partial charge in [-0.25, -0.2) is 0 Å². The summed E-state index contributed by atoms with van der Waals surface area (Å²) < 4.78 is 7.65. The molecule has 2 N–H and O–H groups in total. The van der Waals surface area contributed by atoms with Crippen LogP contribution in [0.5, 0.6) is 0 Å². The van der Waals surface area contributed by atoms with E-state index < -0.39 is 0 Å². The summed E-state index contributed by atoms with van der Waals surface area (Å²) in [5.41, 5.74) is 7.50. The van der Waals surface area contributed by atoms with Crippen molar-refractivity contribution in [3.63, 3.8) is 0 Å². The molecule has 0 amide bonds. The molecule has 4 heteroatoms. The lowest BCUT2D eigenvalue weighted by Crippen LogP contribution is -2.29. The highest BCUT2D eigenvalue weighted by Gasteiger charge is 2.39. The fraction of sp³-hybridized carbons (Fsp3) is 0.750.